The van der Waals surface area contributed by atoms with Crippen molar-refractivity contribution in [3.63, 3.8) is 0 Å². The Balaban J connectivity index is 0.000000210. The molecular weight excluding hydrogens is 718 g/mol. The summed E-state index contributed by atoms with van der Waals surface area (Å²) in [5.74, 6) is -0.467. The molecule has 2 aliphatic heterocycles. The molecule has 4 aromatic carbocycles. The highest BCUT2D eigenvalue weighted by Crippen LogP contribution is 2.32. The molecule has 8 nitrogen and oxygen atoms in total. The fraction of sp³-hybridized carbons (Fsp3) is 0.295. The average Bonchev–Trinajstić information content (AvgIpc) is 3.72. The highest BCUT2D eigenvalue weighted by atomic mass is 35.5. The molecule has 0 fully saturated rings. The number of rotatable bonds is 6. The van der Waals surface area contributed by atoms with Crippen LogP contribution in [-0.2, 0) is 43.8 Å². The van der Waals surface area contributed by atoms with Gasteiger partial charge in [0, 0.05) is 35.3 Å². The Morgan fingerprint density at radius 2 is 1.18 bits per heavy atom. The predicted molar refractivity (Wildman–Crippen MR) is 216 cm³/mol. The van der Waals surface area contributed by atoms with Crippen molar-refractivity contribution in [2.75, 3.05) is 13.1 Å². The van der Waals surface area contributed by atoms with Gasteiger partial charge < -0.3 is 15.0 Å². The number of carbonyl (C=O) groups excluding carboxylic acids is 1. The van der Waals surface area contributed by atoms with Crippen molar-refractivity contribution >= 4 is 18.5 Å². The van der Waals surface area contributed by atoms with Crippen LogP contribution in [0.1, 0.15) is 61.8 Å². The van der Waals surface area contributed by atoms with Gasteiger partial charge in [-0.3, -0.25) is 9.36 Å². The standard InChI is InChI=1S/C24H26FN3O2.C19H18FN3.CH4.ClH/c1-24(2,3)30-23(29)27-14-13-20-21(16-27)28(15-17-9-11-19(25)12-10-17)26-22(20)18-7-5-4-6-8-18;20-16-8-6-14(7-9-16)13-23-18-12-21-11-10-17(18)19(22-23)15-4-2-1-3-5-15;;/h4-12H,13-16H2,1-3H3;1-9,21H,10-13H2;1H4;1H. The van der Waals surface area contributed by atoms with E-state index in [2.05, 4.69) is 22.1 Å². The lowest BCUT2D eigenvalue weighted by Gasteiger charge is -2.30. The smallest absolute Gasteiger partial charge is 0.410 e. The first kappa shape index (κ1) is 40.9. The summed E-state index contributed by atoms with van der Waals surface area (Å²) >= 11 is 0. The first-order valence-electron chi connectivity index (χ1n) is 18.1. The van der Waals surface area contributed by atoms with E-state index in [0.29, 0.717) is 32.6 Å². The number of fused-ring (bicyclic) bond motifs is 2. The lowest BCUT2D eigenvalue weighted by molar-refractivity contribution is 0.0219. The predicted octanol–water partition coefficient (Wildman–Crippen LogP) is 9.47. The van der Waals surface area contributed by atoms with E-state index in [1.807, 2.05) is 86.1 Å². The van der Waals surface area contributed by atoms with Gasteiger partial charge >= 0.3 is 6.09 Å². The molecule has 1 N–H and O–H groups in total. The molecule has 2 aromatic heterocycles. The zero-order chi connectivity index (χ0) is 37.0. The van der Waals surface area contributed by atoms with Crippen LogP contribution in [0.4, 0.5) is 13.6 Å². The van der Waals surface area contributed by atoms with E-state index >= 15 is 0 Å². The Morgan fingerprint density at radius 3 is 1.67 bits per heavy atom. The lowest BCUT2D eigenvalue weighted by Crippen LogP contribution is -2.40. The molecule has 8 rings (SSSR count). The molecule has 1 amide bonds. The molecule has 6 aromatic rings. The SMILES string of the molecule is C.CC(C)(C)OC(=O)N1CCc2c(-c3ccccc3)nn(Cc3ccc(F)cc3)c2C1.Cl.Fc1ccc(Cn2nc(-c3ccccc3)c3c2CNCC3)cc1. The van der Waals surface area contributed by atoms with E-state index in [-0.39, 0.29) is 37.6 Å². The van der Waals surface area contributed by atoms with Crippen molar-refractivity contribution in [1.82, 2.24) is 29.8 Å². The molecule has 4 heterocycles. The molecule has 0 spiro atoms. The lowest BCUT2D eigenvalue weighted by atomic mass is 10.00. The second kappa shape index (κ2) is 17.9. The van der Waals surface area contributed by atoms with Crippen LogP contribution in [0.15, 0.2) is 109 Å². The topological polar surface area (TPSA) is 77.2 Å². The molecule has 0 radical (unpaired) electrons. The van der Waals surface area contributed by atoms with Gasteiger partial charge in [0.05, 0.1) is 42.4 Å². The summed E-state index contributed by atoms with van der Waals surface area (Å²) in [7, 11) is 0. The van der Waals surface area contributed by atoms with Gasteiger partial charge in [0.15, 0.2) is 0 Å². The number of benzene rings is 4. The van der Waals surface area contributed by atoms with Gasteiger partial charge in [0.1, 0.15) is 17.2 Å². The Labute approximate surface area is 328 Å². The molecule has 55 heavy (non-hydrogen) atoms. The van der Waals surface area contributed by atoms with Crippen molar-refractivity contribution in [3.8, 4) is 22.5 Å². The van der Waals surface area contributed by atoms with Crippen molar-refractivity contribution < 1.29 is 18.3 Å². The normalized spacial score (nSPS) is 13.3. The third kappa shape index (κ3) is 9.87. The van der Waals surface area contributed by atoms with Crippen molar-refractivity contribution in [3.05, 3.63) is 154 Å². The zero-order valence-electron chi connectivity index (χ0n) is 30.8. The van der Waals surface area contributed by atoms with E-state index in [9.17, 15) is 13.6 Å². The van der Waals surface area contributed by atoms with Crippen molar-refractivity contribution in [2.45, 2.75) is 72.8 Å². The number of ether oxygens (including phenoxy) is 1. The Hall–Kier alpha value is -5.32. The minimum Gasteiger partial charge on any atom is -0.444 e. The molecule has 11 heteroatoms. The van der Waals surface area contributed by atoms with Crippen LogP contribution >= 0.6 is 12.4 Å². The van der Waals surface area contributed by atoms with Crippen LogP contribution in [0.2, 0.25) is 0 Å². The summed E-state index contributed by atoms with van der Waals surface area (Å²) in [4.78, 5) is 14.4. The quantitative estimate of drug-likeness (QED) is 0.183. The van der Waals surface area contributed by atoms with Gasteiger partial charge in [0.2, 0.25) is 0 Å². The molecule has 0 aliphatic carbocycles. The van der Waals surface area contributed by atoms with Gasteiger partial charge in [0.25, 0.3) is 0 Å². The third-order valence-electron chi connectivity index (χ3n) is 9.39. The number of amides is 1. The highest BCUT2D eigenvalue weighted by molar-refractivity contribution is 5.85. The van der Waals surface area contributed by atoms with Gasteiger partial charge in [-0.1, -0.05) is 92.4 Å². The van der Waals surface area contributed by atoms with E-state index in [4.69, 9.17) is 14.9 Å². The molecule has 0 saturated carbocycles. The van der Waals surface area contributed by atoms with E-state index < -0.39 is 5.60 Å². The third-order valence-corrected chi connectivity index (χ3v) is 9.39. The summed E-state index contributed by atoms with van der Waals surface area (Å²) in [6.45, 7) is 9.61. The number of carbonyl (C=O) groups is 1. The summed E-state index contributed by atoms with van der Waals surface area (Å²) in [6.07, 6.45) is 1.38. The number of aromatic nitrogens is 4. The summed E-state index contributed by atoms with van der Waals surface area (Å²) in [6, 6.07) is 33.5. The maximum atomic E-state index is 13.3. The Kier molecular flexibility index (Phi) is 13.3. The van der Waals surface area contributed by atoms with Gasteiger partial charge in [-0.2, -0.15) is 10.2 Å². The van der Waals surface area contributed by atoms with E-state index in [1.54, 1.807) is 17.0 Å². The van der Waals surface area contributed by atoms with Crippen LogP contribution in [0, 0.1) is 11.6 Å². The first-order valence-corrected chi connectivity index (χ1v) is 18.1. The second-order valence-electron chi connectivity index (χ2n) is 14.4. The largest absolute Gasteiger partial charge is 0.444 e. The van der Waals surface area contributed by atoms with Crippen LogP contribution in [-0.4, -0.2) is 49.2 Å². The van der Waals surface area contributed by atoms with Crippen LogP contribution < -0.4 is 5.32 Å². The monoisotopic (exact) mass is 766 g/mol. The van der Waals surface area contributed by atoms with E-state index in [0.717, 1.165) is 64.4 Å². The van der Waals surface area contributed by atoms with Gasteiger partial charge in [-0.05, 0) is 75.5 Å². The first-order chi connectivity index (χ1) is 25.6. The highest BCUT2D eigenvalue weighted by Gasteiger charge is 2.30. The Morgan fingerprint density at radius 1 is 0.709 bits per heavy atom. The van der Waals surface area contributed by atoms with Crippen LogP contribution in [0.5, 0.6) is 0 Å². The minimum absolute atomic E-state index is 0. The minimum atomic E-state index is -0.541. The number of hydrogen-bond donors (Lipinski definition) is 1. The van der Waals surface area contributed by atoms with Crippen LogP contribution in [0.25, 0.3) is 22.5 Å². The summed E-state index contributed by atoms with van der Waals surface area (Å²) in [5.41, 5.74) is 10.4. The fourth-order valence-corrected chi connectivity index (χ4v) is 6.82. The van der Waals surface area contributed by atoms with Crippen molar-refractivity contribution in [1.29, 1.82) is 0 Å². The van der Waals surface area contributed by atoms with Gasteiger partial charge in [-0.25, -0.2) is 13.6 Å². The molecule has 288 valence electrons. The molecular formula is C44H49ClF2N6O2. The van der Waals surface area contributed by atoms with Crippen LogP contribution in [0.3, 0.4) is 0 Å². The zero-order valence-corrected chi connectivity index (χ0v) is 31.6. The summed E-state index contributed by atoms with van der Waals surface area (Å²) in [5, 5.41) is 13.2. The number of nitrogens with zero attached hydrogens (tertiary/aromatic N) is 5. The molecule has 2 aliphatic rings. The Bertz CT molecular complexity index is 2160. The summed E-state index contributed by atoms with van der Waals surface area (Å²) < 4.78 is 36.0. The molecule has 0 saturated heterocycles. The number of halogens is 3. The van der Waals surface area contributed by atoms with Gasteiger partial charge in [-0.15, -0.1) is 12.4 Å². The molecule has 0 unspecified atom stereocenters. The van der Waals surface area contributed by atoms with Crippen molar-refractivity contribution in [2.24, 2.45) is 0 Å². The average molecular weight is 767 g/mol. The second-order valence-corrected chi connectivity index (χ2v) is 14.4. The fourth-order valence-electron chi connectivity index (χ4n) is 6.82. The number of nitrogens with one attached hydrogen (secondary N) is 1. The number of hydrogen-bond acceptors (Lipinski definition) is 5. The maximum Gasteiger partial charge on any atom is 0.410 e. The van der Waals surface area contributed by atoms with E-state index in [1.165, 1.54) is 35.5 Å². The maximum absolute atomic E-state index is 13.3. The molecule has 0 bridgehead atoms. The molecule has 0 atom stereocenters.